The molecule has 0 spiro atoms. The van der Waals surface area contributed by atoms with Gasteiger partial charge in [0.15, 0.2) is 0 Å². The molecule has 0 bridgehead atoms. The number of ether oxygens (including phenoxy) is 1. The first-order valence-corrected chi connectivity index (χ1v) is 14.5. The van der Waals surface area contributed by atoms with Crippen LogP contribution in [0, 0.1) is 0 Å². The van der Waals surface area contributed by atoms with Crippen LogP contribution in [0.4, 0.5) is 13.2 Å². The number of aliphatic hydroxyl groups is 1. The number of hydrogen-bond donors (Lipinski definition) is 4. The number of nitrogens with zero attached hydrogens (tertiary/aromatic N) is 1. The zero-order chi connectivity index (χ0) is 30.5. The summed E-state index contributed by atoms with van der Waals surface area (Å²) < 4.78 is 70.6. The molecule has 0 amide bonds. The lowest BCUT2D eigenvalue weighted by Crippen LogP contribution is -2.37. The summed E-state index contributed by atoms with van der Waals surface area (Å²) in [6.07, 6.45) is -5.60. The summed E-state index contributed by atoms with van der Waals surface area (Å²) in [6, 6.07) is 20.1. The lowest BCUT2D eigenvalue weighted by Gasteiger charge is -2.23. The number of hydrogen-bond acceptors (Lipinski definition) is 6. The molecule has 0 fully saturated rings. The van der Waals surface area contributed by atoms with Crippen LogP contribution in [0.3, 0.4) is 0 Å². The van der Waals surface area contributed by atoms with Gasteiger partial charge in [-0.2, -0.15) is 13.2 Å². The van der Waals surface area contributed by atoms with Gasteiger partial charge in [-0.15, -0.1) is 4.72 Å². The average Bonchev–Trinajstić information content (AvgIpc) is 3.24. The predicted octanol–water partition coefficient (Wildman–Crippen LogP) is 4.67. The third-order valence-corrected chi connectivity index (χ3v) is 7.88. The van der Waals surface area contributed by atoms with Crippen molar-refractivity contribution < 1.29 is 41.3 Å². The van der Waals surface area contributed by atoms with Crippen molar-refractivity contribution in [1.29, 1.82) is 0 Å². The third kappa shape index (κ3) is 7.48. The van der Waals surface area contributed by atoms with E-state index in [-0.39, 0.29) is 17.8 Å². The molecule has 224 valence electrons. The van der Waals surface area contributed by atoms with Gasteiger partial charge >= 0.3 is 12.3 Å². The molecule has 2 unspecified atom stereocenters. The number of aromatic carboxylic acids is 1. The Bertz CT molecular complexity index is 1640. The number of carboxylic acids is 1. The van der Waals surface area contributed by atoms with Gasteiger partial charge in [-0.05, 0) is 55.8 Å². The van der Waals surface area contributed by atoms with Gasteiger partial charge in [0.2, 0.25) is 10.0 Å². The summed E-state index contributed by atoms with van der Waals surface area (Å²) in [7, 11) is -4.91. The largest absolute Gasteiger partial charge is 0.494 e. The highest BCUT2D eigenvalue weighted by Gasteiger charge is 2.35. The summed E-state index contributed by atoms with van der Waals surface area (Å²) in [5.74, 6) is -0.574. The Morgan fingerprint density at radius 1 is 1.02 bits per heavy atom. The van der Waals surface area contributed by atoms with Gasteiger partial charge in [0.1, 0.15) is 11.4 Å². The molecule has 0 aliphatic heterocycles. The van der Waals surface area contributed by atoms with Crippen molar-refractivity contribution in [2.24, 2.45) is 0 Å². The van der Waals surface area contributed by atoms with Crippen molar-refractivity contribution in [3.8, 4) is 5.75 Å². The van der Waals surface area contributed by atoms with E-state index in [1.807, 2.05) is 30.3 Å². The standard InChI is InChI=1S/C29H30F3N3O6S/c1-19(36)26(33-15-8-16-41-21-10-3-2-4-11-21)25-23-13-5-6-14-24(23)35(27(25)28(37)38)18-20-9-7-12-22(17-20)42(39,40)34-29(30,31)32/h2-7,9-14,17,19,26,33-34,36H,8,15-16,18H2,1H3,(H,37,38). The fourth-order valence-electron chi connectivity index (χ4n) is 4.80. The number of fused-ring (bicyclic) bond motifs is 1. The zero-order valence-corrected chi connectivity index (χ0v) is 23.3. The first kappa shape index (κ1) is 31.0. The summed E-state index contributed by atoms with van der Waals surface area (Å²) in [4.78, 5) is 12.0. The van der Waals surface area contributed by atoms with Gasteiger partial charge in [0, 0.05) is 23.0 Å². The predicted molar refractivity (Wildman–Crippen MR) is 150 cm³/mol. The molecule has 0 saturated carbocycles. The number of sulfonamides is 1. The Kier molecular flexibility index (Phi) is 9.57. The number of carbonyl (C=O) groups is 1. The molecule has 42 heavy (non-hydrogen) atoms. The molecular formula is C29H30F3N3O6S. The molecule has 13 heteroatoms. The third-order valence-electron chi connectivity index (χ3n) is 6.50. The van der Waals surface area contributed by atoms with E-state index in [0.717, 1.165) is 12.1 Å². The number of aromatic nitrogens is 1. The summed E-state index contributed by atoms with van der Waals surface area (Å²) >= 11 is 0. The van der Waals surface area contributed by atoms with Crippen LogP contribution in [0.25, 0.3) is 10.9 Å². The first-order chi connectivity index (χ1) is 19.9. The molecule has 0 radical (unpaired) electrons. The molecule has 0 aliphatic carbocycles. The van der Waals surface area contributed by atoms with Crippen LogP contribution >= 0.6 is 0 Å². The summed E-state index contributed by atoms with van der Waals surface area (Å²) in [5, 5.41) is 24.8. The van der Waals surface area contributed by atoms with Crippen LogP contribution in [0.1, 0.15) is 41.0 Å². The zero-order valence-electron chi connectivity index (χ0n) is 22.5. The van der Waals surface area contributed by atoms with E-state index in [1.54, 1.807) is 24.3 Å². The molecule has 2 atom stereocenters. The molecular weight excluding hydrogens is 575 g/mol. The van der Waals surface area contributed by atoms with Gasteiger partial charge in [-0.3, -0.25) is 0 Å². The van der Waals surface area contributed by atoms with Crippen LogP contribution in [0.5, 0.6) is 5.75 Å². The number of rotatable bonds is 13. The first-order valence-electron chi connectivity index (χ1n) is 13.0. The van der Waals surface area contributed by atoms with Crippen molar-refractivity contribution in [3.05, 3.63) is 95.7 Å². The number of nitrogens with one attached hydrogen (secondary N) is 2. The van der Waals surface area contributed by atoms with Crippen LogP contribution in [0.15, 0.2) is 83.8 Å². The van der Waals surface area contributed by atoms with E-state index in [9.17, 15) is 36.6 Å². The molecule has 1 aromatic heterocycles. The summed E-state index contributed by atoms with van der Waals surface area (Å²) in [5.41, 5.74) is 0.942. The quantitative estimate of drug-likeness (QED) is 0.129. The second kappa shape index (κ2) is 12.9. The van der Waals surface area contributed by atoms with E-state index >= 15 is 0 Å². The van der Waals surface area contributed by atoms with E-state index < -0.39 is 39.3 Å². The van der Waals surface area contributed by atoms with E-state index in [2.05, 4.69) is 5.32 Å². The number of aliphatic hydroxyl groups excluding tert-OH is 1. The van der Waals surface area contributed by atoms with Crippen molar-refractivity contribution in [2.45, 2.75) is 43.2 Å². The van der Waals surface area contributed by atoms with E-state index in [0.29, 0.717) is 46.5 Å². The van der Waals surface area contributed by atoms with Crippen molar-refractivity contribution in [3.63, 3.8) is 0 Å². The molecule has 3 aromatic carbocycles. The van der Waals surface area contributed by atoms with Crippen LogP contribution < -0.4 is 14.8 Å². The molecule has 1 heterocycles. The highest BCUT2D eigenvalue weighted by molar-refractivity contribution is 7.89. The van der Waals surface area contributed by atoms with Crippen LogP contribution in [0.2, 0.25) is 0 Å². The normalized spacial score (nSPS) is 13.6. The van der Waals surface area contributed by atoms with Gasteiger partial charge in [-0.25, -0.2) is 13.2 Å². The molecule has 4 N–H and O–H groups in total. The van der Waals surface area contributed by atoms with Crippen LogP contribution in [-0.4, -0.2) is 54.7 Å². The number of alkyl halides is 3. The van der Waals surface area contributed by atoms with Crippen molar-refractivity contribution in [2.75, 3.05) is 13.2 Å². The Morgan fingerprint density at radius 2 is 1.71 bits per heavy atom. The Labute approximate surface area is 240 Å². The number of carboxylic acid groups (broad SMARTS) is 1. The smallest absolute Gasteiger partial charge is 0.470 e. The van der Waals surface area contributed by atoms with Gasteiger partial charge in [0.05, 0.1) is 23.6 Å². The molecule has 0 saturated heterocycles. The molecule has 4 rings (SSSR count). The fraction of sp³-hybridized carbons (Fsp3) is 0.276. The van der Waals surface area contributed by atoms with Gasteiger partial charge < -0.3 is 24.8 Å². The number of halogens is 3. The topological polar surface area (TPSA) is 130 Å². The lowest BCUT2D eigenvalue weighted by atomic mass is 9.98. The minimum absolute atomic E-state index is 0.142. The monoisotopic (exact) mass is 605 g/mol. The average molecular weight is 606 g/mol. The summed E-state index contributed by atoms with van der Waals surface area (Å²) in [6.45, 7) is 2.17. The van der Waals surface area contributed by atoms with Crippen LogP contribution in [-0.2, 0) is 16.6 Å². The second-order valence-electron chi connectivity index (χ2n) is 9.61. The number of para-hydroxylation sites is 2. The Balaban J connectivity index is 1.65. The highest BCUT2D eigenvalue weighted by atomic mass is 32.2. The van der Waals surface area contributed by atoms with E-state index in [1.165, 1.54) is 23.6 Å². The fourth-order valence-corrected chi connectivity index (χ4v) is 5.78. The second-order valence-corrected chi connectivity index (χ2v) is 11.3. The molecule has 9 nitrogen and oxygen atoms in total. The Morgan fingerprint density at radius 3 is 2.38 bits per heavy atom. The molecule has 0 aliphatic rings. The minimum Gasteiger partial charge on any atom is -0.494 e. The SMILES string of the molecule is CC(O)C(NCCCOc1ccccc1)c1c(C(=O)O)n(Cc2cccc(S(=O)(=O)NC(F)(F)F)c2)c2ccccc12. The lowest BCUT2D eigenvalue weighted by molar-refractivity contribution is -0.138. The van der Waals surface area contributed by atoms with Crippen molar-refractivity contribution in [1.82, 2.24) is 14.6 Å². The maximum atomic E-state index is 12.8. The maximum Gasteiger partial charge on any atom is 0.470 e. The highest BCUT2D eigenvalue weighted by Crippen LogP contribution is 2.34. The van der Waals surface area contributed by atoms with E-state index in [4.69, 9.17) is 4.74 Å². The van der Waals surface area contributed by atoms with Gasteiger partial charge in [0.25, 0.3) is 0 Å². The Hall–Kier alpha value is -3.91. The van der Waals surface area contributed by atoms with Crippen molar-refractivity contribution >= 4 is 26.9 Å². The minimum atomic E-state index is -5.16. The maximum absolute atomic E-state index is 12.8. The van der Waals surface area contributed by atoms with Gasteiger partial charge in [-0.1, -0.05) is 48.5 Å². The molecule has 4 aromatic rings. The number of benzene rings is 3.